The van der Waals surface area contributed by atoms with Crippen LogP contribution in [0, 0.1) is 11.7 Å². The lowest BCUT2D eigenvalue weighted by Crippen LogP contribution is -2.37. The van der Waals surface area contributed by atoms with Crippen LogP contribution in [0.15, 0.2) is 18.2 Å². The molecule has 130 valence electrons. The van der Waals surface area contributed by atoms with Gasteiger partial charge in [0.15, 0.2) is 9.84 Å². The molecule has 1 aromatic rings. The third-order valence-electron chi connectivity index (χ3n) is 3.33. The van der Waals surface area contributed by atoms with Crippen LogP contribution in [0.2, 0.25) is 5.02 Å². The van der Waals surface area contributed by atoms with Crippen LogP contribution in [0.1, 0.15) is 39.2 Å². The van der Waals surface area contributed by atoms with Crippen LogP contribution in [-0.2, 0) is 20.4 Å². The highest BCUT2D eigenvalue weighted by atomic mass is 35.5. The van der Waals surface area contributed by atoms with E-state index in [1.807, 2.05) is 6.92 Å². The zero-order valence-corrected chi connectivity index (χ0v) is 15.2. The number of amides is 1. The zero-order chi connectivity index (χ0) is 17.6. The van der Waals surface area contributed by atoms with Gasteiger partial charge < -0.3 is 5.32 Å². The van der Waals surface area contributed by atoms with E-state index in [9.17, 15) is 17.6 Å². The number of sulfone groups is 1. The minimum Gasteiger partial charge on any atom is -0.353 e. The van der Waals surface area contributed by atoms with Gasteiger partial charge in [0, 0.05) is 11.1 Å². The number of hydrogen-bond acceptors (Lipinski definition) is 3. The largest absolute Gasteiger partial charge is 0.353 e. The molecule has 1 rings (SSSR count). The molecular formula is C16H23ClFNO3S. The smallest absolute Gasteiger partial charge is 0.235 e. The first-order valence-corrected chi connectivity index (χ1v) is 9.72. The lowest BCUT2D eigenvalue weighted by atomic mass is 10.0. The van der Waals surface area contributed by atoms with Gasteiger partial charge in [-0.2, -0.15) is 0 Å². The Morgan fingerprint density at radius 2 is 1.91 bits per heavy atom. The Morgan fingerprint density at radius 3 is 2.48 bits per heavy atom. The highest BCUT2D eigenvalue weighted by molar-refractivity contribution is 7.91. The summed E-state index contributed by atoms with van der Waals surface area (Å²) in [5, 5.41) is 2.73. The van der Waals surface area contributed by atoms with E-state index >= 15 is 0 Å². The Morgan fingerprint density at radius 1 is 1.26 bits per heavy atom. The van der Waals surface area contributed by atoms with Gasteiger partial charge in [-0.15, -0.1) is 0 Å². The molecule has 0 aromatic heterocycles. The van der Waals surface area contributed by atoms with E-state index in [0.29, 0.717) is 5.92 Å². The van der Waals surface area contributed by atoms with Crippen LogP contribution >= 0.6 is 11.6 Å². The first-order chi connectivity index (χ1) is 10.6. The van der Waals surface area contributed by atoms with Gasteiger partial charge in [0.2, 0.25) is 5.91 Å². The van der Waals surface area contributed by atoms with Crippen LogP contribution in [-0.4, -0.2) is 26.1 Å². The predicted octanol–water partition coefficient (Wildman–Crippen LogP) is 3.33. The molecule has 1 amide bonds. The van der Waals surface area contributed by atoms with E-state index in [-0.39, 0.29) is 22.4 Å². The van der Waals surface area contributed by atoms with Gasteiger partial charge in [-0.25, -0.2) is 12.8 Å². The van der Waals surface area contributed by atoms with Crippen LogP contribution < -0.4 is 5.32 Å². The van der Waals surface area contributed by atoms with Gasteiger partial charge in [-0.05, 0) is 43.4 Å². The first-order valence-electron chi connectivity index (χ1n) is 7.53. The summed E-state index contributed by atoms with van der Waals surface area (Å²) in [6.45, 7) is 6.03. The minimum atomic E-state index is -3.67. The van der Waals surface area contributed by atoms with Gasteiger partial charge >= 0.3 is 0 Å². The van der Waals surface area contributed by atoms with Gasteiger partial charge in [0.25, 0.3) is 0 Å². The Balaban J connectivity index is 2.58. The Bertz CT molecular complexity index is 647. The monoisotopic (exact) mass is 363 g/mol. The molecule has 0 saturated carbocycles. The lowest BCUT2D eigenvalue weighted by molar-refractivity contribution is -0.119. The molecule has 0 bridgehead atoms. The SMILES string of the molecule is CC(C)CCC(C)NC(=O)CS(=O)(=O)Cc1ccc(F)cc1Cl. The molecule has 0 spiro atoms. The molecule has 0 aliphatic heterocycles. The number of nitrogens with one attached hydrogen (secondary N) is 1. The van der Waals surface area contributed by atoms with Crippen molar-refractivity contribution in [2.24, 2.45) is 5.92 Å². The molecule has 0 saturated heterocycles. The maximum atomic E-state index is 13.0. The molecule has 0 heterocycles. The van der Waals surface area contributed by atoms with Gasteiger partial charge in [0.1, 0.15) is 11.6 Å². The molecule has 0 aliphatic carbocycles. The van der Waals surface area contributed by atoms with Gasteiger partial charge in [-0.3, -0.25) is 4.79 Å². The number of benzene rings is 1. The maximum absolute atomic E-state index is 13.0. The van der Waals surface area contributed by atoms with E-state index in [1.165, 1.54) is 6.07 Å². The third-order valence-corrected chi connectivity index (χ3v) is 5.13. The molecule has 1 unspecified atom stereocenters. The maximum Gasteiger partial charge on any atom is 0.235 e. The summed E-state index contributed by atoms with van der Waals surface area (Å²) in [5.41, 5.74) is 0.286. The number of rotatable bonds is 8. The second-order valence-electron chi connectivity index (χ2n) is 6.21. The van der Waals surface area contributed by atoms with Crippen molar-refractivity contribution in [2.75, 3.05) is 5.75 Å². The fourth-order valence-electron chi connectivity index (χ4n) is 2.10. The minimum absolute atomic E-state index is 0.0410. The topological polar surface area (TPSA) is 63.2 Å². The zero-order valence-electron chi connectivity index (χ0n) is 13.6. The van der Waals surface area contributed by atoms with Crippen molar-refractivity contribution >= 4 is 27.3 Å². The summed E-state index contributed by atoms with van der Waals surface area (Å²) in [5.74, 6) is -1.53. The van der Waals surface area contributed by atoms with Crippen LogP contribution in [0.4, 0.5) is 4.39 Å². The number of carbonyl (C=O) groups excluding carboxylic acids is 1. The predicted molar refractivity (Wildman–Crippen MR) is 90.6 cm³/mol. The van der Waals surface area contributed by atoms with E-state index < -0.39 is 27.3 Å². The molecule has 0 radical (unpaired) electrons. The van der Waals surface area contributed by atoms with Crippen molar-refractivity contribution in [3.63, 3.8) is 0 Å². The molecule has 0 aliphatic rings. The molecule has 7 heteroatoms. The van der Waals surface area contributed by atoms with Crippen molar-refractivity contribution in [3.8, 4) is 0 Å². The summed E-state index contributed by atoms with van der Waals surface area (Å²) < 4.78 is 37.1. The average Bonchev–Trinajstić information content (AvgIpc) is 2.38. The van der Waals surface area contributed by atoms with Crippen molar-refractivity contribution in [1.29, 1.82) is 0 Å². The fraction of sp³-hybridized carbons (Fsp3) is 0.562. The fourth-order valence-corrected chi connectivity index (χ4v) is 3.72. The summed E-state index contributed by atoms with van der Waals surface area (Å²) >= 11 is 5.82. The van der Waals surface area contributed by atoms with Crippen LogP contribution in [0.3, 0.4) is 0 Å². The Labute approximate surface area is 142 Å². The van der Waals surface area contributed by atoms with Crippen molar-refractivity contribution in [3.05, 3.63) is 34.6 Å². The standard InChI is InChI=1S/C16H23ClFNO3S/c1-11(2)4-5-12(3)19-16(20)10-23(21,22)9-13-6-7-14(18)8-15(13)17/h6-8,11-12H,4-5,9-10H2,1-3H3,(H,19,20). The van der Waals surface area contributed by atoms with Crippen molar-refractivity contribution < 1.29 is 17.6 Å². The highest BCUT2D eigenvalue weighted by Gasteiger charge is 2.20. The second kappa shape index (κ2) is 8.64. The lowest BCUT2D eigenvalue weighted by Gasteiger charge is -2.15. The summed E-state index contributed by atoms with van der Waals surface area (Å²) in [6, 6.07) is 3.44. The highest BCUT2D eigenvalue weighted by Crippen LogP contribution is 2.20. The van der Waals surface area contributed by atoms with E-state index in [4.69, 9.17) is 11.6 Å². The Hall–Kier alpha value is -1.14. The molecule has 1 atom stereocenters. The second-order valence-corrected chi connectivity index (χ2v) is 8.68. The summed E-state index contributed by atoms with van der Waals surface area (Å²) in [6.07, 6.45) is 1.76. The van der Waals surface area contributed by atoms with Crippen LogP contribution in [0.25, 0.3) is 0 Å². The average molecular weight is 364 g/mol. The quantitative estimate of drug-likeness (QED) is 0.770. The number of hydrogen-bond donors (Lipinski definition) is 1. The molecular weight excluding hydrogens is 341 g/mol. The van der Waals surface area contributed by atoms with Crippen molar-refractivity contribution in [1.82, 2.24) is 5.32 Å². The number of carbonyl (C=O) groups is 1. The third kappa shape index (κ3) is 7.79. The summed E-state index contributed by atoms with van der Waals surface area (Å²) in [4.78, 5) is 11.9. The first kappa shape index (κ1) is 19.9. The van der Waals surface area contributed by atoms with Gasteiger partial charge in [0.05, 0.1) is 5.75 Å². The molecule has 0 fully saturated rings. The Kier molecular flexibility index (Phi) is 7.48. The van der Waals surface area contributed by atoms with Crippen molar-refractivity contribution in [2.45, 2.75) is 45.4 Å². The molecule has 4 nitrogen and oxygen atoms in total. The van der Waals surface area contributed by atoms with Crippen LogP contribution in [0.5, 0.6) is 0 Å². The van der Waals surface area contributed by atoms with E-state index in [0.717, 1.165) is 25.0 Å². The molecule has 1 aromatic carbocycles. The van der Waals surface area contributed by atoms with Gasteiger partial charge in [-0.1, -0.05) is 31.5 Å². The number of halogens is 2. The molecule has 23 heavy (non-hydrogen) atoms. The normalized spacial score (nSPS) is 13.1. The van der Waals surface area contributed by atoms with E-state index in [2.05, 4.69) is 19.2 Å². The summed E-state index contributed by atoms with van der Waals surface area (Å²) in [7, 11) is -3.67. The molecule has 1 N–H and O–H groups in total. The van der Waals surface area contributed by atoms with E-state index in [1.54, 1.807) is 0 Å².